The highest BCUT2D eigenvalue weighted by Gasteiger charge is 2.19. The van der Waals surface area contributed by atoms with Gasteiger partial charge in [-0.1, -0.05) is 12.1 Å². The Balaban J connectivity index is 2.63. The highest BCUT2D eigenvalue weighted by atomic mass is 16.2. The number of benzene rings is 1. The molecule has 22 heavy (non-hydrogen) atoms. The highest BCUT2D eigenvalue weighted by Crippen LogP contribution is 2.09. The number of nitrogens with one attached hydrogen (secondary N) is 3. The van der Waals surface area contributed by atoms with Crippen LogP contribution < -0.4 is 16.0 Å². The van der Waals surface area contributed by atoms with Gasteiger partial charge in [0.15, 0.2) is 0 Å². The van der Waals surface area contributed by atoms with E-state index in [0.717, 1.165) is 5.56 Å². The summed E-state index contributed by atoms with van der Waals surface area (Å²) in [5, 5.41) is 7.14. The molecule has 4 amide bonds. The molecule has 0 heterocycles. The number of carbonyl (C=O) groups excluding carboxylic acids is 3. The van der Waals surface area contributed by atoms with Gasteiger partial charge in [-0.25, -0.2) is 4.79 Å². The fourth-order valence-corrected chi connectivity index (χ4v) is 1.81. The van der Waals surface area contributed by atoms with Gasteiger partial charge in [0, 0.05) is 26.2 Å². The SMILES string of the molecule is CNC(=O)NC(=O)[C@@H](C)N(C)Cc1ccc(C(=O)NC)cc1. The van der Waals surface area contributed by atoms with Gasteiger partial charge in [0.25, 0.3) is 5.91 Å². The van der Waals surface area contributed by atoms with Crippen LogP contribution in [0.2, 0.25) is 0 Å². The van der Waals surface area contributed by atoms with Crippen LogP contribution in [0.1, 0.15) is 22.8 Å². The topological polar surface area (TPSA) is 90.5 Å². The summed E-state index contributed by atoms with van der Waals surface area (Å²) in [5.41, 5.74) is 1.55. The van der Waals surface area contributed by atoms with Crippen LogP contribution in [-0.4, -0.2) is 49.9 Å². The van der Waals surface area contributed by atoms with Crippen molar-refractivity contribution in [3.05, 3.63) is 35.4 Å². The number of amides is 4. The summed E-state index contributed by atoms with van der Waals surface area (Å²) in [4.78, 5) is 36.3. The summed E-state index contributed by atoms with van der Waals surface area (Å²) in [6.45, 7) is 2.24. The van der Waals surface area contributed by atoms with Gasteiger partial charge >= 0.3 is 6.03 Å². The first-order chi connectivity index (χ1) is 10.4. The maximum absolute atomic E-state index is 11.9. The van der Waals surface area contributed by atoms with E-state index in [1.165, 1.54) is 7.05 Å². The third-order valence-corrected chi connectivity index (χ3v) is 3.38. The van der Waals surface area contributed by atoms with Crippen molar-refractivity contribution in [1.29, 1.82) is 0 Å². The Kier molecular flexibility index (Phi) is 6.52. The Morgan fingerprint density at radius 3 is 2.18 bits per heavy atom. The van der Waals surface area contributed by atoms with Crippen LogP contribution in [-0.2, 0) is 11.3 Å². The zero-order chi connectivity index (χ0) is 16.7. The van der Waals surface area contributed by atoms with Crippen LogP contribution in [0, 0.1) is 0 Å². The Labute approximate surface area is 130 Å². The van der Waals surface area contributed by atoms with Crippen molar-refractivity contribution in [2.45, 2.75) is 19.5 Å². The van der Waals surface area contributed by atoms with E-state index in [4.69, 9.17) is 0 Å². The van der Waals surface area contributed by atoms with E-state index in [1.54, 1.807) is 33.2 Å². The first kappa shape index (κ1) is 17.6. The molecule has 7 nitrogen and oxygen atoms in total. The van der Waals surface area contributed by atoms with Crippen molar-refractivity contribution in [2.75, 3.05) is 21.1 Å². The molecule has 0 aliphatic heterocycles. The lowest BCUT2D eigenvalue weighted by molar-refractivity contribution is -0.124. The lowest BCUT2D eigenvalue weighted by Gasteiger charge is -2.23. The van der Waals surface area contributed by atoms with E-state index in [2.05, 4.69) is 16.0 Å². The number of urea groups is 1. The molecule has 0 fully saturated rings. The molecule has 1 aromatic rings. The van der Waals surface area contributed by atoms with Crippen molar-refractivity contribution in [2.24, 2.45) is 0 Å². The predicted molar refractivity (Wildman–Crippen MR) is 83.4 cm³/mol. The van der Waals surface area contributed by atoms with E-state index in [0.29, 0.717) is 12.1 Å². The molecule has 0 aliphatic rings. The van der Waals surface area contributed by atoms with Crippen molar-refractivity contribution in [3.63, 3.8) is 0 Å². The number of nitrogens with zero attached hydrogens (tertiary/aromatic N) is 1. The minimum absolute atomic E-state index is 0.141. The van der Waals surface area contributed by atoms with Crippen LogP contribution >= 0.6 is 0 Å². The third-order valence-electron chi connectivity index (χ3n) is 3.38. The second kappa shape index (κ2) is 8.14. The smallest absolute Gasteiger partial charge is 0.321 e. The van der Waals surface area contributed by atoms with Crippen LogP contribution in [0.5, 0.6) is 0 Å². The molecule has 0 saturated carbocycles. The molecule has 0 aliphatic carbocycles. The summed E-state index contributed by atoms with van der Waals surface area (Å²) < 4.78 is 0. The van der Waals surface area contributed by atoms with Gasteiger partial charge in [-0.15, -0.1) is 0 Å². The second-order valence-electron chi connectivity index (χ2n) is 4.94. The summed E-state index contributed by atoms with van der Waals surface area (Å²) in [6.07, 6.45) is 0. The quantitative estimate of drug-likeness (QED) is 0.731. The molecule has 120 valence electrons. The zero-order valence-electron chi connectivity index (χ0n) is 13.3. The molecule has 1 rings (SSSR count). The van der Waals surface area contributed by atoms with Crippen molar-refractivity contribution >= 4 is 17.8 Å². The first-order valence-electron chi connectivity index (χ1n) is 6.92. The lowest BCUT2D eigenvalue weighted by Crippen LogP contribution is -2.47. The molecule has 0 bridgehead atoms. The number of likely N-dealkylation sites (N-methyl/N-ethyl adjacent to an activating group) is 1. The normalized spacial score (nSPS) is 11.7. The largest absolute Gasteiger partial charge is 0.355 e. The molecule has 0 saturated heterocycles. The maximum Gasteiger partial charge on any atom is 0.321 e. The number of hydrogen-bond acceptors (Lipinski definition) is 4. The van der Waals surface area contributed by atoms with Gasteiger partial charge in [-0.2, -0.15) is 0 Å². The maximum atomic E-state index is 11.9. The molecule has 1 aromatic carbocycles. The first-order valence-corrected chi connectivity index (χ1v) is 6.92. The lowest BCUT2D eigenvalue weighted by atomic mass is 10.1. The Morgan fingerprint density at radius 1 is 1.09 bits per heavy atom. The predicted octanol–water partition coefficient (Wildman–Crippen LogP) is 0.322. The fourth-order valence-electron chi connectivity index (χ4n) is 1.81. The molecule has 0 radical (unpaired) electrons. The van der Waals surface area contributed by atoms with Gasteiger partial charge < -0.3 is 10.6 Å². The van der Waals surface area contributed by atoms with E-state index in [9.17, 15) is 14.4 Å². The van der Waals surface area contributed by atoms with Crippen molar-refractivity contribution in [3.8, 4) is 0 Å². The van der Waals surface area contributed by atoms with Crippen LogP contribution in [0.25, 0.3) is 0 Å². The Bertz CT molecular complexity index is 542. The number of hydrogen-bond donors (Lipinski definition) is 3. The van der Waals surface area contributed by atoms with Crippen LogP contribution in [0.3, 0.4) is 0 Å². The van der Waals surface area contributed by atoms with Gasteiger partial charge in [-0.05, 0) is 31.7 Å². The molecule has 3 N–H and O–H groups in total. The summed E-state index contributed by atoms with van der Waals surface area (Å²) in [6, 6.07) is 6.15. The average molecular weight is 306 g/mol. The summed E-state index contributed by atoms with van der Waals surface area (Å²) in [7, 11) is 4.82. The Hall–Kier alpha value is -2.41. The van der Waals surface area contributed by atoms with E-state index in [-0.39, 0.29) is 11.8 Å². The van der Waals surface area contributed by atoms with Crippen LogP contribution in [0.15, 0.2) is 24.3 Å². The fraction of sp³-hybridized carbons (Fsp3) is 0.400. The summed E-state index contributed by atoms with van der Waals surface area (Å²) >= 11 is 0. The number of carbonyl (C=O) groups is 3. The third kappa shape index (κ3) is 4.85. The van der Waals surface area contributed by atoms with Crippen molar-refractivity contribution in [1.82, 2.24) is 20.9 Å². The second-order valence-corrected chi connectivity index (χ2v) is 4.94. The van der Waals surface area contributed by atoms with E-state index < -0.39 is 12.1 Å². The van der Waals surface area contributed by atoms with E-state index >= 15 is 0 Å². The molecule has 1 atom stereocenters. The minimum atomic E-state index is -0.528. The Morgan fingerprint density at radius 2 is 1.68 bits per heavy atom. The van der Waals surface area contributed by atoms with E-state index in [1.807, 2.05) is 17.0 Å². The molecular formula is C15H22N4O3. The van der Waals surface area contributed by atoms with Gasteiger partial charge in [-0.3, -0.25) is 19.8 Å². The monoisotopic (exact) mass is 306 g/mol. The molecule has 0 aromatic heterocycles. The molecular weight excluding hydrogens is 284 g/mol. The average Bonchev–Trinajstić information content (AvgIpc) is 2.53. The standard InChI is InChI=1S/C15H22N4O3/c1-10(13(20)18-15(22)17-3)19(4)9-11-5-7-12(8-6-11)14(21)16-2/h5-8,10H,9H2,1-4H3,(H,16,21)(H2,17,18,20,22)/t10-/m1/s1. The number of imide groups is 1. The molecule has 7 heteroatoms. The van der Waals surface area contributed by atoms with Gasteiger partial charge in [0.1, 0.15) is 0 Å². The minimum Gasteiger partial charge on any atom is -0.355 e. The van der Waals surface area contributed by atoms with Gasteiger partial charge in [0.2, 0.25) is 5.91 Å². The summed E-state index contributed by atoms with van der Waals surface area (Å²) in [5.74, 6) is -0.512. The zero-order valence-corrected chi connectivity index (χ0v) is 13.3. The molecule has 0 spiro atoms. The number of rotatable bonds is 5. The van der Waals surface area contributed by atoms with Crippen LogP contribution in [0.4, 0.5) is 4.79 Å². The highest BCUT2D eigenvalue weighted by molar-refractivity contribution is 5.96. The molecule has 0 unspecified atom stereocenters. The van der Waals surface area contributed by atoms with Gasteiger partial charge in [0.05, 0.1) is 6.04 Å². The van der Waals surface area contributed by atoms with Crippen molar-refractivity contribution < 1.29 is 14.4 Å².